The number of nitrogens with zero attached hydrogens (tertiary/aromatic N) is 6. The van der Waals surface area contributed by atoms with E-state index in [0.717, 1.165) is 33.1 Å². The SMILES string of the molecule is Cc1nc2c(C(=O)NC3CCC(=O)NC3=O)cc(OCC(=O)N3CCN(CCn4c(C(=O)O)c(CCCOc5cccc6cc(F)ccc56)c5ccc(Cl)c(-c6c(C)nn(C)c6C)c54)CC3)cc2[nH]1. The van der Waals surface area contributed by atoms with Crippen LogP contribution in [-0.4, -0.2) is 121 Å². The number of ether oxygens (including phenoxy) is 2. The molecule has 0 radical (unpaired) electrons. The van der Waals surface area contributed by atoms with Crippen molar-refractivity contribution in [1.29, 1.82) is 0 Å². The van der Waals surface area contributed by atoms with Crippen LogP contribution in [0.15, 0.2) is 60.7 Å². The van der Waals surface area contributed by atoms with Crippen LogP contribution in [0.25, 0.3) is 43.8 Å². The molecular weight excluding hydrogens is 909 g/mol. The lowest BCUT2D eigenvalue weighted by molar-refractivity contribution is -0.136. The van der Waals surface area contributed by atoms with Gasteiger partial charge in [-0.3, -0.25) is 34.1 Å². The number of aryl methyl sites for hydroxylation is 4. The highest BCUT2D eigenvalue weighted by molar-refractivity contribution is 6.35. The number of aromatic amines is 1. The second-order valence-corrected chi connectivity index (χ2v) is 17.9. The van der Waals surface area contributed by atoms with Gasteiger partial charge in [0, 0.05) is 86.4 Å². The summed E-state index contributed by atoms with van der Waals surface area (Å²) in [7, 11) is 1.86. The molecule has 2 fully saturated rings. The highest BCUT2D eigenvalue weighted by atomic mass is 35.5. The molecule has 7 aromatic rings. The number of nitrogens with one attached hydrogen (secondary N) is 3. The Morgan fingerprint density at radius 1 is 0.957 bits per heavy atom. The standard InChI is InChI=1S/C50H51ClFN9O8/c1-27-43(28(2)58(4)57-27)44-37(51)13-12-35-34(8-6-22-68-40-9-5-7-30-23-31(52)10-11-33(30)40)47(50(66)67)61(46(35)44)21-18-59-16-19-60(20-17-59)42(63)26-69-32-24-36(45-39(25-32)53-29(3)54-45)48(64)55-38-14-15-41(62)56-49(38)65/h5,7,9-13,23-25,38H,6,8,14-22,26H2,1-4H3,(H,53,54)(H,55,64)(H,66,67)(H,56,62,65). The zero-order valence-electron chi connectivity index (χ0n) is 38.6. The highest BCUT2D eigenvalue weighted by Gasteiger charge is 2.31. The molecule has 1 unspecified atom stereocenters. The van der Waals surface area contributed by atoms with E-state index in [1.54, 1.807) is 28.6 Å². The Balaban J connectivity index is 0.896. The predicted octanol–water partition coefficient (Wildman–Crippen LogP) is 6.26. The van der Waals surface area contributed by atoms with Gasteiger partial charge >= 0.3 is 5.97 Å². The third kappa shape index (κ3) is 9.46. The van der Waals surface area contributed by atoms with E-state index in [-0.39, 0.29) is 48.2 Å². The minimum Gasteiger partial charge on any atom is -0.493 e. The molecule has 2 saturated heterocycles. The molecule has 358 valence electrons. The van der Waals surface area contributed by atoms with Gasteiger partial charge in [-0.05, 0) is 87.4 Å². The van der Waals surface area contributed by atoms with Gasteiger partial charge in [0.15, 0.2) is 6.61 Å². The molecule has 0 spiro atoms. The van der Waals surface area contributed by atoms with Crippen molar-refractivity contribution in [1.82, 2.24) is 44.7 Å². The Kier molecular flexibility index (Phi) is 13.1. The molecule has 4 amide bonds. The van der Waals surface area contributed by atoms with Gasteiger partial charge in [0.2, 0.25) is 11.8 Å². The summed E-state index contributed by atoms with van der Waals surface area (Å²) in [5.41, 5.74) is 5.77. The largest absolute Gasteiger partial charge is 0.493 e. The number of aromatic carboxylic acids is 1. The fourth-order valence-electron chi connectivity index (χ4n) is 9.61. The van der Waals surface area contributed by atoms with Crippen molar-refractivity contribution in [3.05, 3.63) is 106 Å². The number of carboxylic acid groups (broad SMARTS) is 1. The fraction of sp³-hybridized carbons (Fsp3) is 0.340. The maximum atomic E-state index is 14.0. The van der Waals surface area contributed by atoms with Crippen LogP contribution in [-0.2, 0) is 34.4 Å². The summed E-state index contributed by atoms with van der Waals surface area (Å²) < 4.78 is 29.8. The van der Waals surface area contributed by atoms with E-state index in [0.29, 0.717) is 103 Å². The van der Waals surface area contributed by atoms with Gasteiger partial charge in [-0.15, -0.1) is 0 Å². The number of piperidine rings is 1. The molecule has 9 rings (SSSR count). The molecule has 2 aliphatic heterocycles. The molecule has 0 bridgehead atoms. The summed E-state index contributed by atoms with van der Waals surface area (Å²) in [6, 6.07) is 16.0. The first kappa shape index (κ1) is 46.8. The summed E-state index contributed by atoms with van der Waals surface area (Å²) in [6.45, 7) is 8.27. The van der Waals surface area contributed by atoms with E-state index in [9.17, 15) is 33.5 Å². The van der Waals surface area contributed by atoms with Crippen molar-refractivity contribution >= 4 is 73.9 Å². The number of aromatic nitrogens is 5. The quantitative estimate of drug-likeness (QED) is 0.0667. The number of halogens is 2. The maximum Gasteiger partial charge on any atom is 0.352 e. The highest BCUT2D eigenvalue weighted by Crippen LogP contribution is 2.42. The zero-order valence-corrected chi connectivity index (χ0v) is 39.3. The minimum atomic E-state index is -1.07. The average molecular weight is 960 g/mol. The Labute approximate surface area is 400 Å². The molecule has 5 heterocycles. The first-order valence-corrected chi connectivity index (χ1v) is 23.2. The minimum absolute atomic E-state index is 0.102. The third-order valence-electron chi connectivity index (χ3n) is 13.1. The lowest BCUT2D eigenvalue weighted by Crippen LogP contribution is -2.52. The first-order chi connectivity index (χ1) is 33.1. The number of hydrogen-bond acceptors (Lipinski definition) is 10. The van der Waals surface area contributed by atoms with Gasteiger partial charge in [-0.2, -0.15) is 5.10 Å². The number of imide groups is 1. The molecular formula is C50H51ClFN9O8. The van der Waals surface area contributed by atoms with E-state index in [1.165, 1.54) is 18.2 Å². The summed E-state index contributed by atoms with van der Waals surface area (Å²) in [5.74, 6) is -1.78. The number of H-pyrrole nitrogens is 1. The molecule has 19 heteroatoms. The van der Waals surface area contributed by atoms with E-state index >= 15 is 0 Å². The first-order valence-electron chi connectivity index (χ1n) is 22.8. The van der Waals surface area contributed by atoms with E-state index < -0.39 is 29.7 Å². The molecule has 17 nitrogen and oxygen atoms in total. The van der Waals surface area contributed by atoms with Gasteiger partial charge in [0.1, 0.15) is 40.4 Å². The van der Waals surface area contributed by atoms with Crippen LogP contribution in [0, 0.1) is 26.6 Å². The second-order valence-electron chi connectivity index (χ2n) is 17.5. The maximum absolute atomic E-state index is 14.0. The Hall–Kier alpha value is -7.31. The van der Waals surface area contributed by atoms with Crippen LogP contribution in [0.4, 0.5) is 4.39 Å². The van der Waals surface area contributed by atoms with Crippen LogP contribution in [0.1, 0.15) is 62.9 Å². The van der Waals surface area contributed by atoms with Crippen LogP contribution in [0.5, 0.6) is 11.5 Å². The van der Waals surface area contributed by atoms with Crippen LogP contribution in [0.3, 0.4) is 0 Å². The van der Waals surface area contributed by atoms with Crippen LogP contribution in [0.2, 0.25) is 5.02 Å². The van der Waals surface area contributed by atoms with E-state index in [2.05, 4.69) is 30.6 Å². The molecule has 0 saturated carbocycles. The molecule has 2 aliphatic rings. The van der Waals surface area contributed by atoms with E-state index in [4.69, 9.17) is 21.1 Å². The number of amides is 4. The lowest BCUT2D eigenvalue weighted by atomic mass is 9.98. The summed E-state index contributed by atoms with van der Waals surface area (Å²) in [6.07, 6.45) is 1.16. The van der Waals surface area contributed by atoms with Gasteiger partial charge < -0.3 is 34.3 Å². The van der Waals surface area contributed by atoms with Crippen molar-refractivity contribution in [2.24, 2.45) is 7.05 Å². The number of hydrogen-bond donors (Lipinski definition) is 4. The van der Waals surface area contributed by atoms with Crippen LogP contribution >= 0.6 is 11.6 Å². The molecule has 3 aromatic heterocycles. The normalized spacial score (nSPS) is 15.6. The number of benzene rings is 4. The molecule has 1 atom stereocenters. The number of carbonyl (C=O) groups excluding carboxylic acids is 4. The summed E-state index contributed by atoms with van der Waals surface area (Å²) in [5, 5.41) is 23.3. The Morgan fingerprint density at radius 3 is 2.48 bits per heavy atom. The zero-order chi connectivity index (χ0) is 48.7. The number of rotatable bonds is 15. The van der Waals surface area contributed by atoms with Crippen molar-refractivity contribution in [3.8, 4) is 22.6 Å². The van der Waals surface area contributed by atoms with Crippen molar-refractivity contribution < 1.29 is 42.9 Å². The Bertz CT molecular complexity index is 3210. The number of carbonyl (C=O) groups is 5. The van der Waals surface area contributed by atoms with Gasteiger partial charge in [0.05, 0.1) is 33.9 Å². The summed E-state index contributed by atoms with van der Waals surface area (Å²) in [4.78, 5) is 75.9. The van der Waals surface area contributed by atoms with Crippen LogP contribution < -0.4 is 20.1 Å². The molecule has 0 aliphatic carbocycles. The van der Waals surface area contributed by atoms with Gasteiger partial charge in [0.25, 0.3) is 11.8 Å². The van der Waals surface area contributed by atoms with Gasteiger partial charge in [-0.25, -0.2) is 14.2 Å². The predicted molar refractivity (Wildman–Crippen MR) is 256 cm³/mol. The third-order valence-corrected chi connectivity index (χ3v) is 13.4. The number of carboxylic acids is 1. The molecule has 4 aromatic carbocycles. The molecule has 4 N–H and O–H groups in total. The average Bonchev–Trinajstić information content (AvgIpc) is 3.94. The number of imidazole rings is 1. The van der Waals surface area contributed by atoms with E-state index in [1.807, 2.05) is 55.8 Å². The lowest BCUT2D eigenvalue weighted by Gasteiger charge is -2.34. The topological polar surface area (TPSA) is 206 Å². The Morgan fingerprint density at radius 2 is 1.74 bits per heavy atom. The monoisotopic (exact) mass is 959 g/mol. The number of piperazine rings is 1. The fourth-order valence-corrected chi connectivity index (χ4v) is 9.85. The van der Waals surface area contributed by atoms with Crippen molar-refractivity contribution in [2.75, 3.05) is 45.9 Å². The second kappa shape index (κ2) is 19.4. The molecule has 69 heavy (non-hydrogen) atoms. The van der Waals surface area contributed by atoms with Crippen molar-refractivity contribution in [3.63, 3.8) is 0 Å². The number of fused-ring (bicyclic) bond motifs is 3. The smallest absolute Gasteiger partial charge is 0.352 e. The van der Waals surface area contributed by atoms with Crippen molar-refractivity contribution in [2.45, 2.75) is 59.0 Å². The van der Waals surface area contributed by atoms with Gasteiger partial charge in [-0.1, -0.05) is 29.8 Å². The summed E-state index contributed by atoms with van der Waals surface area (Å²) >= 11 is 7.06.